The van der Waals surface area contributed by atoms with Crippen LogP contribution in [0.15, 0.2) is 18.2 Å². The third-order valence-electron chi connectivity index (χ3n) is 3.89. The molecule has 0 radical (unpaired) electrons. The van der Waals surface area contributed by atoms with Crippen LogP contribution in [0.3, 0.4) is 0 Å². The van der Waals surface area contributed by atoms with E-state index in [0.717, 1.165) is 12.1 Å². The van der Waals surface area contributed by atoms with Crippen molar-refractivity contribution in [3.63, 3.8) is 0 Å². The smallest absolute Gasteiger partial charge is 0.308 e. The fraction of sp³-hybridized carbons (Fsp3) is 0.533. The van der Waals surface area contributed by atoms with E-state index in [0.29, 0.717) is 32.3 Å². The molecule has 0 saturated heterocycles. The monoisotopic (exact) mass is 282 g/mol. The van der Waals surface area contributed by atoms with Crippen molar-refractivity contribution < 1.29 is 24.1 Å². The van der Waals surface area contributed by atoms with Crippen molar-refractivity contribution in [2.75, 3.05) is 6.61 Å². The van der Waals surface area contributed by atoms with Crippen molar-refractivity contribution in [3.05, 3.63) is 29.6 Å². The Morgan fingerprint density at radius 1 is 1.45 bits per heavy atom. The summed E-state index contributed by atoms with van der Waals surface area (Å²) >= 11 is 0. The van der Waals surface area contributed by atoms with Crippen molar-refractivity contribution in [1.29, 1.82) is 0 Å². The molecular weight excluding hydrogens is 263 g/mol. The minimum Gasteiger partial charge on any atom is -0.508 e. The van der Waals surface area contributed by atoms with Crippen LogP contribution in [0, 0.1) is 11.7 Å². The summed E-state index contributed by atoms with van der Waals surface area (Å²) in [4.78, 5) is 11.7. The van der Waals surface area contributed by atoms with E-state index in [4.69, 9.17) is 4.74 Å². The van der Waals surface area contributed by atoms with Gasteiger partial charge in [-0.05, 0) is 50.8 Å². The minimum absolute atomic E-state index is 0.122. The number of hydrogen-bond donors (Lipinski definition) is 2. The molecule has 5 heteroatoms. The number of phenolic OH excluding ortho intramolecular Hbond substituents is 1. The lowest BCUT2D eigenvalue weighted by atomic mass is 9.75. The van der Waals surface area contributed by atoms with Gasteiger partial charge in [0.25, 0.3) is 0 Å². The first-order chi connectivity index (χ1) is 9.46. The van der Waals surface area contributed by atoms with Crippen LogP contribution in [0.5, 0.6) is 5.75 Å². The highest BCUT2D eigenvalue weighted by Gasteiger charge is 2.39. The van der Waals surface area contributed by atoms with Crippen LogP contribution in [-0.2, 0) is 15.1 Å². The molecule has 2 rings (SSSR count). The molecule has 2 N–H and O–H groups in total. The second kappa shape index (κ2) is 5.79. The van der Waals surface area contributed by atoms with Gasteiger partial charge in [-0.1, -0.05) is 0 Å². The first-order valence-electron chi connectivity index (χ1n) is 6.84. The van der Waals surface area contributed by atoms with Gasteiger partial charge in [-0.3, -0.25) is 4.79 Å². The molecule has 1 aromatic carbocycles. The standard InChI is InChI=1S/C15H19FO4/c1-2-20-14(18)10-5-7-15(19,8-6-10)12-9-11(16)3-4-13(12)17/h3-4,9-10,17,19H,2,5-8H2,1H3. The van der Waals surface area contributed by atoms with Crippen LogP contribution < -0.4 is 0 Å². The van der Waals surface area contributed by atoms with Crippen molar-refractivity contribution in [3.8, 4) is 5.75 Å². The summed E-state index contributed by atoms with van der Waals surface area (Å²) in [6.07, 6.45) is 1.53. The number of carbonyl (C=O) groups excluding carboxylic acids is 1. The fourth-order valence-corrected chi connectivity index (χ4v) is 2.74. The van der Waals surface area contributed by atoms with Gasteiger partial charge >= 0.3 is 5.97 Å². The highest BCUT2D eigenvalue weighted by Crippen LogP contribution is 2.43. The van der Waals surface area contributed by atoms with E-state index in [2.05, 4.69) is 0 Å². The topological polar surface area (TPSA) is 66.8 Å². The first kappa shape index (κ1) is 14.8. The van der Waals surface area contributed by atoms with E-state index in [-0.39, 0.29) is 23.2 Å². The molecule has 1 fully saturated rings. The van der Waals surface area contributed by atoms with Gasteiger partial charge in [0.2, 0.25) is 0 Å². The zero-order chi connectivity index (χ0) is 14.8. The van der Waals surface area contributed by atoms with E-state index in [1.54, 1.807) is 6.92 Å². The maximum absolute atomic E-state index is 13.3. The number of aromatic hydroxyl groups is 1. The van der Waals surface area contributed by atoms with Crippen LogP contribution in [0.25, 0.3) is 0 Å². The molecule has 0 spiro atoms. The molecule has 110 valence electrons. The maximum Gasteiger partial charge on any atom is 0.308 e. The molecule has 1 aromatic rings. The number of ether oxygens (including phenoxy) is 1. The second-order valence-electron chi connectivity index (χ2n) is 5.22. The Bertz CT molecular complexity index is 493. The van der Waals surface area contributed by atoms with Crippen molar-refractivity contribution in [1.82, 2.24) is 0 Å². The predicted octanol–water partition coefficient (Wildman–Crippen LogP) is 2.47. The number of phenols is 1. The second-order valence-corrected chi connectivity index (χ2v) is 5.22. The van der Waals surface area contributed by atoms with Crippen molar-refractivity contribution in [2.24, 2.45) is 5.92 Å². The quantitative estimate of drug-likeness (QED) is 0.836. The van der Waals surface area contributed by atoms with Gasteiger partial charge in [0, 0.05) is 5.56 Å². The molecule has 20 heavy (non-hydrogen) atoms. The number of hydrogen-bond acceptors (Lipinski definition) is 4. The van der Waals surface area contributed by atoms with Gasteiger partial charge in [-0.15, -0.1) is 0 Å². The number of rotatable bonds is 3. The van der Waals surface area contributed by atoms with E-state index >= 15 is 0 Å². The maximum atomic E-state index is 13.3. The van der Waals surface area contributed by atoms with Crippen LogP contribution in [0.1, 0.15) is 38.2 Å². The fourth-order valence-electron chi connectivity index (χ4n) is 2.74. The molecule has 0 amide bonds. The molecule has 0 heterocycles. The number of halogens is 1. The first-order valence-corrected chi connectivity index (χ1v) is 6.84. The summed E-state index contributed by atoms with van der Waals surface area (Å²) in [7, 11) is 0. The van der Waals surface area contributed by atoms with E-state index in [1.807, 2.05) is 0 Å². The summed E-state index contributed by atoms with van der Waals surface area (Å²) in [5.41, 5.74) is -1.09. The summed E-state index contributed by atoms with van der Waals surface area (Å²) in [6.45, 7) is 2.09. The third kappa shape index (κ3) is 2.93. The van der Waals surface area contributed by atoms with Crippen molar-refractivity contribution in [2.45, 2.75) is 38.2 Å². The molecule has 4 nitrogen and oxygen atoms in total. The molecule has 0 aliphatic heterocycles. The Kier molecular flexibility index (Phi) is 4.28. The number of carbonyl (C=O) groups is 1. The lowest BCUT2D eigenvalue weighted by Crippen LogP contribution is -2.34. The van der Waals surface area contributed by atoms with Gasteiger partial charge in [0.15, 0.2) is 0 Å². The number of esters is 1. The Hall–Kier alpha value is -1.62. The molecule has 1 aliphatic rings. The Balaban J connectivity index is 2.11. The van der Waals surface area contributed by atoms with Crippen LogP contribution >= 0.6 is 0 Å². The normalized spacial score (nSPS) is 26.2. The summed E-state index contributed by atoms with van der Waals surface area (Å²) in [5, 5.41) is 20.4. The van der Waals surface area contributed by atoms with Crippen LogP contribution in [0.2, 0.25) is 0 Å². The van der Waals surface area contributed by atoms with Crippen molar-refractivity contribution >= 4 is 5.97 Å². The molecule has 0 unspecified atom stereocenters. The average molecular weight is 282 g/mol. The highest BCUT2D eigenvalue weighted by atomic mass is 19.1. The predicted molar refractivity (Wildman–Crippen MR) is 70.6 cm³/mol. The molecule has 1 saturated carbocycles. The SMILES string of the molecule is CCOC(=O)C1CCC(O)(c2cc(F)ccc2O)CC1. The van der Waals surface area contributed by atoms with Gasteiger partial charge in [-0.25, -0.2) is 4.39 Å². The van der Waals surface area contributed by atoms with Gasteiger partial charge < -0.3 is 14.9 Å². The zero-order valence-corrected chi connectivity index (χ0v) is 11.4. The largest absolute Gasteiger partial charge is 0.508 e. The molecule has 0 aromatic heterocycles. The van der Waals surface area contributed by atoms with Crippen LogP contribution in [-0.4, -0.2) is 22.8 Å². The van der Waals surface area contributed by atoms with E-state index in [1.165, 1.54) is 6.07 Å². The van der Waals surface area contributed by atoms with Gasteiger partial charge in [0.05, 0.1) is 18.1 Å². The Labute approximate surface area is 117 Å². The van der Waals surface area contributed by atoms with Crippen LogP contribution in [0.4, 0.5) is 4.39 Å². The zero-order valence-electron chi connectivity index (χ0n) is 11.4. The van der Waals surface area contributed by atoms with E-state index < -0.39 is 11.4 Å². The molecule has 1 aliphatic carbocycles. The molecule has 0 atom stereocenters. The number of aliphatic hydroxyl groups is 1. The summed E-state index contributed by atoms with van der Waals surface area (Å²) < 4.78 is 18.2. The minimum atomic E-state index is -1.28. The van der Waals surface area contributed by atoms with Gasteiger partial charge in [0.1, 0.15) is 11.6 Å². The summed E-state index contributed by atoms with van der Waals surface area (Å²) in [6, 6.07) is 3.53. The average Bonchev–Trinajstić information content (AvgIpc) is 2.42. The van der Waals surface area contributed by atoms with Gasteiger partial charge in [-0.2, -0.15) is 0 Å². The Morgan fingerprint density at radius 3 is 2.70 bits per heavy atom. The molecular formula is C15H19FO4. The number of benzene rings is 1. The highest BCUT2D eigenvalue weighted by molar-refractivity contribution is 5.72. The van der Waals surface area contributed by atoms with E-state index in [9.17, 15) is 19.4 Å². The third-order valence-corrected chi connectivity index (χ3v) is 3.89. The molecule has 0 bridgehead atoms. The lowest BCUT2D eigenvalue weighted by molar-refractivity contribution is -0.151. The Morgan fingerprint density at radius 2 is 2.10 bits per heavy atom. The summed E-state index contributed by atoms with van der Waals surface area (Å²) in [5.74, 6) is -1.11. The lowest BCUT2D eigenvalue weighted by Gasteiger charge is -2.35.